The van der Waals surface area contributed by atoms with Crippen molar-refractivity contribution in [1.82, 2.24) is 5.32 Å². The number of carbonyl (C=O) groups excluding carboxylic acids is 1. The van der Waals surface area contributed by atoms with Crippen LogP contribution in [0.25, 0.3) is 5.57 Å². The zero-order valence-corrected chi connectivity index (χ0v) is 10.4. The number of aliphatic hydroxyl groups excluding tert-OH is 1. The van der Waals surface area contributed by atoms with Gasteiger partial charge in [0.2, 0.25) is 0 Å². The van der Waals surface area contributed by atoms with Gasteiger partial charge in [-0.2, -0.15) is 0 Å². The molecule has 0 bridgehead atoms. The van der Waals surface area contributed by atoms with Crippen LogP contribution < -0.4 is 5.32 Å². The molecule has 0 aromatic heterocycles. The number of nitrogens with one attached hydrogen (secondary N) is 1. The Hall–Kier alpha value is -2.55. The molecule has 0 heterocycles. The molecule has 2 aromatic rings. The Kier molecular flexibility index (Phi) is 4.34. The molecule has 0 saturated carbocycles. The van der Waals surface area contributed by atoms with E-state index in [0.29, 0.717) is 12.1 Å². The summed E-state index contributed by atoms with van der Waals surface area (Å²) >= 11 is 0. The van der Waals surface area contributed by atoms with Gasteiger partial charge in [0.1, 0.15) is 0 Å². The van der Waals surface area contributed by atoms with Crippen molar-refractivity contribution in [2.75, 3.05) is 0 Å². The number of aliphatic hydroxyl groups is 1. The van der Waals surface area contributed by atoms with E-state index in [1.165, 1.54) is 0 Å². The molecule has 0 unspecified atom stereocenters. The Morgan fingerprint density at radius 3 is 2.16 bits per heavy atom. The van der Waals surface area contributed by atoms with Crippen molar-refractivity contribution in [2.24, 2.45) is 0 Å². The van der Waals surface area contributed by atoms with E-state index in [1.807, 2.05) is 48.5 Å². The molecule has 2 aromatic carbocycles. The summed E-state index contributed by atoms with van der Waals surface area (Å²) in [5.74, 6) is -0.294. The molecule has 1 amide bonds. The van der Waals surface area contributed by atoms with Gasteiger partial charge >= 0.3 is 0 Å². The van der Waals surface area contributed by atoms with Crippen molar-refractivity contribution >= 4 is 11.5 Å². The lowest BCUT2D eigenvalue weighted by molar-refractivity contribution is -0.115. The Balaban J connectivity index is 2.03. The average molecular weight is 253 g/mol. The molecule has 0 saturated heterocycles. The summed E-state index contributed by atoms with van der Waals surface area (Å²) in [6, 6.07) is 18.7. The Labute approximate surface area is 112 Å². The van der Waals surface area contributed by atoms with Crippen molar-refractivity contribution < 1.29 is 9.90 Å². The quantitative estimate of drug-likeness (QED) is 0.650. The summed E-state index contributed by atoms with van der Waals surface area (Å²) < 4.78 is 0. The maximum Gasteiger partial charge on any atom is 0.255 e. The second-order valence-corrected chi connectivity index (χ2v) is 4.08. The van der Waals surface area contributed by atoms with Crippen LogP contribution in [0.1, 0.15) is 11.1 Å². The van der Waals surface area contributed by atoms with Crippen LogP contribution in [0.3, 0.4) is 0 Å². The van der Waals surface area contributed by atoms with Gasteiger partial charge in [-0.3, -0.25) is 4.79 Å². The third-order valence-corrected chi connectivity index (χ3v) is 2.75. The summed E-state index contributed by atoms with van der Waals surface area (Å²) in [6.07, 6.45) is 0.843. The lowest BCUT2D eigenvalue weighted by atomic mass is 10.1. The summed E-state index contributed by atoms with van der Waals surface area (Å²) in [5, 5.41) is 12.0. The van der Waals surface area contributed by atoms with E-state index in [4.69, 9.17) is 0 Å². The molecular formula is C16H15NO2. The van der Waals surface area contributed by atoms with Crippen molar-refractivity contribution in [2.45, 2.75) is 6.54 Å². The van der Waals surface area contributed by atoms with Crippen LogP contribution in [0.5, 0.6) is 0 Å². The fraction of sp³-hybridized carbons (Fsp3) is 0.0625. The van der Waals surface area contributed by atoms with Crippen LogP contribution in [0, 0.1) is 0 Å². The van der Waals surface area contributed by atoms with E-state index >= 15 is 0 Å². The van der Waals surface area contributed by atoms with Crippen molar-refractivity contribution in [1.29, 1.82) is 0 Å². The monoisotopic (exact) mass is 253 g/mol. The summed E-state index contributed by atoms with van der Waals surface area (Å²) in [6.45, 7) is 0.434. The third kappa shape index (κ3) is 3.45. The molecule has 3 heteroatoms. The minimum absolute atomic E-state index is 0.261. The van der Waals surface area contributed by atoms with Crippen molar-refractivity contribution in [3.05, 3.63) is 78.1 Å². The van der Waals surface area contributed by atoms with E-state index in [2.05, 4.69) is 5.32 Å². The van der Waals surface area contributed by atoms with E-state index in [9.17, 15) is 9.90 Å². The maximum atomic E-state index is 12.0. The highest BCUT2D eigenvalue weighted by atomic mass is 16.2. The predicted octanol–water partition coefficient (Wildman–Crippen LogP) is 2.90. The second-order valence-electron chi connectivity index (χ2n) is 4.08. The van der Waals surface area contributed by atoms with E-state index < -0.39 is 0 Å². The summed E-state index contributed by atoms with van der Waals surface area (Å²) in [4.78, 5) is 12.0. The molecule has 0 radical (unpaired) electrons. The van der Waals surface area contributed by atoms with Crippen molar-refractivity contribution in [3.8, 4) is 0 Å². The molecule has 3 nitrogen and oxygen atoms in total. The summed E-state index contributed by atoms with van der Waals surface area (Å²) in [5.41, 5.74) is 1.97. The first-order valence-corrected chi connectivity index (χ1v) is 6.03. The van der Waals surface area contributed by atoms with Gasteiger partial charge in [-0.1, -0.05) is 60.7 Å². The van der Waals surface area contributed by atoms with Gasteiger partial charge in [-0.05, 0) is 11.1 Å². The molecule has 0 spiro atoms. The molecule has 0 aliphatic carbocycles. The van der Waals surface area contributed by atoms with Gasteiger partial charge < -0.3 is 10.4 Å². The van der Waals surface area contributed by atoms with Gasteiger partial charge in [0.05, 0.1) is 11.8 Å². The van der Waals surface area contributed by atoms with Crippen LogP contribution >= 0.6 is 0 Å². The zero-order valence-electron chi connectivity index (χ0n) is 10.4. The largest absolute Gasteiger partial charge is 0.515 e. The minimum atomic E-state index is -0.294. The summed E-state index contributed by atoms with van der Waals surface area (Å²) in [7, 11) is 0. The van der Waals surface area contributed by atoms with Gasteiger partial charge in [-0.25, -0.2) is 0 Å². The highest BCUT2D eigenvalue weighted by Gasteiger charge is 2.11. The normalized spacial score (nSPS) is 11.1. The predicted molar refractivity (Wildman–Crippen MR) is 75.3 cm³/mol. The van der Waals surface area contributed by atoms with Crippen LogP contribution in [0.4, 0.5) is 0 Å². The molecule has 0 atom stereocenters. The fourth-order valence-electron chi connectivity index (χ4n) is 1.76. The van der Waals surface area contributed by atoms with Crippen LogP contribution in [0.15, 0.2) is 66.9 Å². The van der Waals surface area contributed by atoms with Crippen LogP contribution in [0.2, 0.25) is 0 Å². The highest BCUT2D eigenvalue weighted by molar-refractivity contribution is 6.19. The first kappa shape index (κ1) is 12.9. The molecule has 0 fully saturated rings. The molecule has 2 rings (SSSR count). The van der Waals surface area contributed by atoms with Crippen LogP contribution in [-0.4, -0.2) is 11.0 Å². The van der Waals surface area contributed by atoms with Crippen molar-refractivity contribution in [3.63, 3.8) is 0 Å². The molecule has 0 aliphatic heterocycles. The minimum Gasteiger partial charge on any atom is -0.515 e. The molecule has 0 aliphatic rings. The van der Waals surface area contributed by atoms with E-state index in [-0.39, 0.29) is 11.5 Å². The number of hydrogen-bond acceptors (Lipinski definition) is 2. The third-order valence-electron chi connectivity index (χ3n) is 2.75. The lowest BCUT2D eigenvalue weighted by Gasteiger charge is -2.08. The number of carbonyl (C=O) groups is 1. The van der Waals surface area contributed by atoms with E-state index in [0.717, 1.165) is 11.8 Å². The van der Waals surface area contributed by atoms with Gasteiger partial charge in [0.15, 0.2) is 0 Å². The Bertz CT molecular complexity index is 562. The highest BCUT2D eigenvalue weighted by Crippen LogP contribution is 2.13. The Morgan fingerprint density at radius 2 is 1.58 bits per heavy atom. The first-order valence-electron chi connectivity index (χ1n) is 6.03. The molecule has 2 N–H and O–H groups in total. The zero-order chi connectivity index (χ0) is 13.5. The first-order chi connectivity index (χ1) is 9.31. The molecule has 96 valence electrons. The van der Waals surface area contributed by atoms with Crippen LogP contribution in [-0.2, 0) is 11.3 Å². The molecular weight excluding hydrogens is 238 g/mol. The maximum absolute atomic E-state index is 12.0. The topological polar surface area (TPSA) is 49.3 Å². The SMILES string of the molecule is O=C(NCc1ccccc1)/C(=C/O)c1ccccc1. The standard InChI is InChI=1S/C16H15NO2/c18-12-15(14-9-5-2-6-10-14)16(19)17-11-13-7-3-1-4-8-13/h1-10,12,18H,11H2,(H,17,19)/b15-12+. The number of benzene rings is 2. The number of rotatable bonds is 4. The lowest BCUT2D eigenvalue weighted by Crippen LogP contribution is -2.23. The average Bonchev–Trinajstić information content (AvgIpc) is 2.48. The van der Waals surface area contributed by atoms with Gasteiger partial charge in [0, 0.05) is 6.54 Å². The number of hydrogen-bond donors (Lipinski definition) is 2. The number of amides is 1. The Morgan fingerprint density at radius 1 is 1.00 bits per heavy atom. The van der Waals surface area contributed by atoms with E-state index in [1.54, 1.807) is 12.1 Å². The smallest absolute Gasteiger partial charge is 0.255 e. The van der Waals surface area contributed by atoms with Gasteiger partial charge in [-0.15, -0.1) is 0 Å². The molecule has 19 heavy (non-hydrogen) atoms. The van der Waals surface area contributed by atoms with Gasteiger partial charge in [0.25, 0.3) is 5.91 Å². The second kappa shape index (κ2) is 6.40. The fourth-order valence-corrected chi connectivity index (χ4v) is 1.76.